The highest BCUT2D eigenvalue weighted by Crippen LogP contribution is 2.44. The molecule has 0 radical (unpaired) electrons. The molecule has 0 aliphatic heterocycles. The maximum Gasteiger partial charge on any atom is 0.408 e. The minimum absolute atomic E-state index is 0.0166. The van der Waals surface area contributed by atoms with Crippen LogP contribution >= 0.6 is 0 Å². The summed E-state index contributed by atoms with van der Waals surface area (Å²) in [5, 5.41) is 17.9. The number of rotatable bonds is 10. The van der Waals surface area contributed by atoms with Crippen LogP contribution in [0.5, 0.6) is 0 Å². The quantitative estimate of drug-likeness (QED) is 0.381. The zero-order chi connectivity index (χ0) is 24.8. The molecule has 1 aliphatic carbocycles. The van der Waals surface area contributed by atoms with Gasteiger partial charge in [0.2, 0.25) is 5.91 Å². The average Bonchev–Trinajstić information content (AvgIpc) is 3.42. The molecule has 0 saturated heterocycles. The lowest BCUT2D eigenvalue weighted by atomic mass is 9.98. The Kier molecular flexibility index (Phi) is 7.41. The number of benzene rings is 2. The normalized spacial score (nSPS) is 12.9. The van der Waals surface area contributed by atoms with Crippen LogP contribution in [0.2, 0.25) is 0 Å². The number of carboxylic acids is 1. The first-order valence-electron chi connectivity index (χ1n) is 11.1. The predicted molar refractivity (Wildman–Crippen MR) is 126 cm³/mol. The summed E-state index contributed by atoms with van der Waals surface area (Å²) in [7, 11) is 1.70. The Hall–Kier alpha value is -4.18. The molecule has 1 heterocycles. The maximum absolute atomic E-state index is 12.8. The molecule has 3 aromatic rings. The van der Waals surface area contributed by atoms with E-state index in [9.17, 15) is 14.4 Å². The molecule has 0 saturated carbocycles. The summed E-state index contributed by atoms with van der Waals surface area (Å²) in [6.45, 7) is -0.248. The van der Waals surface area contributed by atoms with E-state index < -0.39 is 30.6 Å². The van der Waals surface area contributed by atoms with Gasteiger partial charge in [-0.2, -0.15) is 5.10 Å². The minimum atomic E-state index is -1.10. The smallest absolute Gasteiger partial charge is 0.408 e. The highest BCUT2D eigenvalue weighted by molar-refractivity contribution is 5.87. The Balaban J connectivity index is 1.39. The van der Waals surface area contributed by atoms with E-state index in [-0.39, 0.29) is 25.7 Å². The number of aromatic nitrogens is 2. The van der Waals surface area contributed by atoms with Crippen LogP contribution in [0.25, 0.3) is 11.1 Å². The molecule has 0 spiro atoms. The molecule has 1 aromatic heterocycles. The van der Waals surface area contributed by atoms with Crippen molar-refractivity contribution in [2.75, 3.05) is 26.4 Å². The third kappa shape index (κ3) is 5.67. The van der Waals surface area contributed by atoms with Gasteiger partial charge in [0.05, 0.1) is 12.8 Å². The number of nitrogens with one attached hydrogen (secondary N) is 2. The van der Waals surface area contributed by atoms with E-state index in [0.29, 0.717) is 5.56 Å². The summed E-state index contributed by atoms with van der Waals surface area (Å²) in [5.74, 6) is -1.70. The fourth-order valence-corrected chi connectivity index (χ4v) is 4.16. The number of aryl methyl sites for hydroxylation is 1. The Morgan fingerprint density at radius 1 is 1.09 bits per heavy atom. The molecule has 10 heteroatoms. The first-order chi connectivity index (χ1) is 16.9. The molecule has 10 nitrogen and oxygen atoms in total. The molecule has 2 aromatic carbocycles. The molecule has 1 aliphatic rings. The lowest BCUT2D eigenvalue weighted by Crippen LogP contribution is -2.41. The van der Waals surface area contributed by atoms with E-state index in [2.05, 4.69) is 27.9 Å². The number of fused-ring (bicyclic) bond motifs is 3. The minimum Gasteiger partial charge on any atom is -0.480 e. The number of aliphatic carboxylic acids is 1. The van der Waals surface area contributed by atoms with Gasteiger partial charge in [0, 0.05) is 31.3 Å². The van der Waals surface area contributed by atoms with Gasteiger partial charge in [-0.25, -0.2) is 9.59 Å². The number of hydrogen-bond acceptors (Lipinski definition) is 6. The number of nitrogens with zero attached hydrogens (tertiary/aromatic N) is 2. The van der Waals surface area contributed by atoms with Gasteiger partial charge >= 0.3 is 12.1 Å². The van der Waals surface area contributed by atoms with Crippen molar-refractivity contribution >= 4 is 18.0 Å². The predicted octanol–water partition coefficient (Wildman–Crippen LogP) is 2.22. The van der Waals surface area contributed by atoms with Crippen LogP contribution in [0.15, 0.2) is 60.9 Å². The van der Waals surface area contributed by atoms with Crippen LogP contribution in [0.3, 0.4) is 0 Å². The molecule has 0 fully saturated rings. The highest BCUT2D eigenvalue weighted by atomic mass is 16.5. The second-order valence-electron chi connectivity index (χ2n) is 8.09. The fourth-order valence-electron chi connectivity index (χ4n) is 4.16. The third-order valence-electron chi connectivity index (χ3n) is 5.70. The molecule has 4 rings (SSSR count). The van der Waals surface area contributed by atoms with Crippen LogP contribution in [0, 0.1) is 0 Å². The van der Waals surface area contributed by atoms with E-state index in [0.717, 1.165) is 22.3 Å². The van der Waals surface area contributed by atoms with Crippen molar-refractivity contribution in [3.05, 3.63) is 77.6 Å². The average molecular weight is 479 g/mol. The third-order valence-corrected chi connectivity index (χ3v) is 5.70. The molecular weight excluding hydrogens is 452 g/mol. The summed E-state index contributed by atoms with van der Waals surface area (Å²) in [5.41, 5.74) is 4.89. The van der Waals surface area contributed by atoms with E-state index in [1.165, 1.54) is 10.9 Å². The number of ether oxygens (including phenoxy) is 2. The molecule has 3 N–H and O–H groups in total. The van der Waals surface area contributed by atoms with Gasteiger partial charge in [0.25, 0.3) is 0 Å². The van der Waals surface area contributed by atoms with Crippen LogP contribution in [0.4, 0.5) is 4.79 Å². The van der Waals surface area contributed by atoms with Crippen molar-refractivity contribution in [3.63, 3.8) is 0 Å². The van der Waals surface area contributed by atoms with Crippen LogP contribution < -0.4 is 10.6 Å². The summed E-state index contributed by atoms with van der Waals surface area (Å²) < 4.78 is 12.0. The largest absolute Gasteiger partial charge is 0.480 e. The van der Waals surface area contributed by atoms with E-state index >= 15 is 0 Å². The molecular formula is C25H26N4O6. The van der Waals surface area contributed by atoms with Crippen LogP contribution in [-0.2, 0) is 26.1 Å². The number of amides is 2. The lowest BCUT2D eigenvalue weighted by Gasteiger charge is -2.19. The standard InChI is InChI=1S/C25H26N4O6/c1-29-13-16(12-27-29)23(24(32)26-10-11-34-15-22(30)31)28-25(33)35-14-21-19-8-4-2-6-17(19)18-7-3-5-9-20(18)21/h2-9,12-13,21,23H,10-11,14-15H2,1H3,(H,26,32)(H,28,33)(H,30,31). The molecule has 0 bridgehead atoms. The van der Waals surface area contributed by atoms with Gasteiger partial charge in [0.1, 0.15) is 19.3 Å². The Bertz CT molecular complexity index is 1180. The summed E-state index contributed by atoms with van der Waals surface area (Å²) in [4.78, 5) is 36.0. The summed E-state index contributed by atoms with van der Waals surface area (Å²) in [6.07, 6.45) is 2.36. The monoisotopic (exact) mass is 478 g/mol. The molecule has 1 unspecified atom stereocenters. The van der Waals surface area contributed by atoms with Gasteiger partial charge in [-0.1, -0.05) is 48.5 Å². The number of carbonyl (C=O) groups excluding carboxylic acids is 2. The van der Waals surface area contributed by atoms with Crippen molar-refractivity contribution in [2.45, 2.75) is 12.0 Å². The van der Waals surface area contributed by atoms with Crippen molar-refractivity contribution < 1.29 is 29.0 Å². The van der Waals surface area contributed by atoms with E-state index in [4.69, 9.17) is 14.6 Å². The zero-order valence-corrected chi connectivity index (χ0v) is 19.1. The number of carboxylic acid groups (broad SMARTS) is 1. The Morgan fingerprint density at radius 3 is 2.34 bits per heavy atom. The fraction of sp³-hybridized carbons (Fsp3) is 0.280. The first kappa shape index (κ1) is 24.0. The van der Waals surface area contributed by atoms with Crippen molar-refractivity contribution in [1.82, 2.24) is 20.4 Å². The molecule has 35 heavy (non-hydrogen) atoms. The highest BCUT2D eigenvalue weighted by Gasteiger charge is 2.30. The Morgan fingerprint density at radius 2 is 1.74 bits per heavy atom. The summed E-state index contributed by atoms with van der Waals surface area (Å²) >= 11 is 0. The van der Waals surface area contributed by atoms with Crippen molar-refractivity contribution in [2.24, 2.45) is 7.05 Å². The zero-order valence-electron chi connectivity index (χ0n) is 19.1. The van der Waals surface area contributed by atoms with E-state index in [1.807, 2.05) is 36.4 Å². The second kappa shape index (κ2) is 10.8. The maximum atomic E-state index is 12.8. The van der Waals surface area contributed by atoms with Gasteiger partial charge in [0.15, 0.2) is 0 Å². The SMILES string of the molecule is Cn1cc(C(NC(=O)OCC2c3ccccc3-c3ccccc32)C(=O)NCCOCC(=O)O)cn1. The first-order valence-corrected chi connectivity index (χ1v) is 11.1. The van der Waals surface area contributed by atoms with Crippen molar-refractivity contribution in [1.29, 1.82) is 0 Å². The topological polar surface area (TPSA) is 132 Å². The second-order valence-corrected chi connectivity index (χ2v) is 8.09. The lowest BCUT2D eigenvalue weighted by molar-refractivity contribution is -0.142. The van der Waals surface area contributed by atoms with Gasteiger partial charge in [-0.3, -0.25) is 9.48 Å². The van der Waals surface area contributed by atoms with Crippen molar-refractivity contribution in [3.8, 4) is 11.1 Å². The van der Waals surface area contributed by atoms with Gasteiger partial charge in [-0.05, 0) is 22.3 Å². The van der Waals surface area contributed by atoms with E-state index in [1.54, 1.807) is 13.2 Å². The van der Waals surface area contributed by atoms with Gasteiger partial charge in [-0.15, -0.1) is 0 Å². The Labute approximate surface area is 201 Å². The number of alkyl carbamates (subject to hydrolysis) is 1. The molecule has 182 valence electrons. The van der Waals surface area contributed by atoms with Crippen LogP contribution in [-0.4, -0.2) is 59.2 Å². The van der Waals surface area contributed by atoms with Gasteiger partial charge < -0.3 is 25.2 Å². The summed E-state index contributed by atoms with van der Waals surface area (Å²) in [6, 6.07) is 15.0. The molecule has 1 atom stereocenters. The number of carbonyl (C=O) groups is 3. The molecule has 2 amide bonds. The number of hydrogen-bond donors (Lipinski definition) is 3. The van der Waals surface area contributed by atoms with Crippen LogP contribution in [0.1, 0.15) is 28.7 Å².